The van der Waals surface area contributed by atoms with Crippen LogP contribution in [0.25, 0.3) is 0 Å². The molecule has 0 fully saturated rings. The number of carbonyl (C=O) groups excluding carboxylic acids is 1. The largest absolute Gasteiger partial charge is 1.00 e. The summed E-state index contributed by atoms with van der Waals surface area (Å²) in [6, 6.07) is 4.80. The summed E-state index contributed by atoms with van der Waals surface area (Å²) in [5.74, 6) is -0.611. The van der Waals surface area contributed by atoms with Crippen LogP contribution in [0, 0.1) is 0 Å². The van der Waals surface area contributed by atoms with Crippen molar-refractivity contribution in [2.75, 3.05) is 11.9 Å². The number of carbonyl (C=O) groups is 1. The first-order valence-electron chi connectivity index (χ1n) is 3.97. The molecular formula is C8H8AsNNa2O5. The molecule has 0 aliphatic heterocycles. The maximum atomic E-state index is 10.7. The predicted molar refractivity (Wildman–Crippen MR) is 48.2 cm³/mol. The molecule has 17 heavy (non-hydrogen) atoms. The monoisotopic (exact) mass is 319 g/mol. The number of benzene rings is 1. The van der Waals surface area contributed by atoms with Gasteiger partial charge in [0.15, 0.2) is 0 Å². The van der Waals surface area contributed by atoms with Gasteiger partial charge in [0, 0.05) is 0 Å². The van der Waals surface area contributed by atoms with Crippen LogP contribution >= 0.6 is 0 Å². The Balaban J connectivity index is 0. The molecule has 6 nitrogen and oxygen atoms in total. The number of aliphatic hydroxyl groups is 1. The molecule has 0 spiro atoms. The smallest absolute Gasteiger partial charge is 1.00 e. The summed E-state index contributed by atoms with van der Waals surface area (Å²) in [6.45, 7) is -0.660. The molecule has 0 bridgehead atoms. The Morgan fingerprint density at radius 1 is 1.24 bits per heavy atom. The zero-order chi connectivity index (χ0) is 11.5. The van der Waals surface area contributed by atoms with Gasteiger partial charge in [0.25, 0.3) is 0 Å². The molecule has 2 N–H and O–H groups in total. The number of hydrogen-bond donors (Lipinski definition) is 2. The topological polar surface area (TPSA) is 113 Å². The maximum Gasteiger partial charge on any atom is 1.00 e. The van der Waals surface area contributed by atoms with Crippen molar-refractivity contribution in [2.24, 2.45) is 0 Å². The average molecular weight is 319 g/mol. The van der Waals surface area contributed by atoms with Crippen molar-refractivity contribution in [1.82, 2.24) is 0 Å². The molecule has 1 aromatic carbocycles. The summed E-state index contributed by atoms with van der Waals surface area (Å²) in [5, 5.41) is 10.7. The minimum absolute atomic E-state index is 0. The quantitative estimate of drug-likeness (QED) is 0.537. The maximum absolute atomic E-state index is 10.7. The summed E-state index contributed by atoms with van der Waals surface area (Å²) in [6.07, 6.45) is 0. The third kappa shape index (κ3) is 7.18. The zero-order valence-corrected chi connectivity index (χ0v) is 15.4. The molecule has 1 rings (SSSR count). The normalized spacial score (nSPS) is 9.82. The fourth-order valence-electron chi connectivity index (χ4n) is 0.928. The number of hydrogen-bond acceptors (Lipinski definition) is 5. The molecule has 0 saturated heterocycles. The van der Waals surface area contributed by atoms with E-state index in [1.165, 1.54) is 12.1 Å². The molecule has 0 saturated carbocycles. The van der Waals surface area contributed by atoms with Crippen molar-refractivity contribution in [3.05, 3.63) is 24.3 Å². The van der Waals surface area contributed by atoms with Crippen molar-refractivity contribution in [1.29, 1.82) is 0 Å². The molecule has 0 unspecified atom stereocenters. The van der Waals surface area contributed by atoms with E-state index in [2.05, 4.69) is 5.32 Å². The molecule has 0 radical (unpaired) electrons. The van der Waals surface area contributed by atoms with Crippen molar-refractivity contribution in [3.63, 3.8) is 0 Å². The Bertz CT molecular complexity index is 405. The molecule has 0 aliphatic carbocycles. The molecule has 0 atom stereocenters. The number of amides is 1. The minimum Gasteiger partial charge on any atom is 1.00 e. The number of anilines is 1. The summed E-state index contributed by atoms with van der Waals surface area (Å²) in [7, 11) is 0. The van der Waals surface area contributed by atoms with Crippen LogP contribution in [0.4, 0.5) is 5.69 Å². The standard InChI is InChI=1S/C8H10AsNO5.2Na/c11-5-8(12)10-7-3-1-6(2-4-7)9(13,14)15;;/h1-4,11H,5H2,(H,10,12)(H2,13,14,15);;/q;2*+1/p-2. The van der Waals surface area contributed by atoms with E-state index in [1.807, 2.05) is 0 Å². The first-order chi connectivity index (χ1) is 6.93. The van der Waals surface area contributed by atoms with E-state index in [-0.39, 0.29) is 63.5 Å². The van der Waals surface area contributed by atoms with Crippen LogP contribution in [0.5, 0.6) is 0 Å². The van der Waals surface area contributed by atoms with E-state index in [0.29, 0.717) is 5.69 Å². The van der Waals surface area contributed by atoms with Crippen LogP contribution in [-0.4, -0.2) is 31.8 Å². The van der Waals surface area contributed by atoms with E-state index in [9.17, 15) is 16.7 Å². The number of nitrogens with one attached hydrogen (secondary N) is 1. The van der Waals surface area contributed by atoms with Crippen LogP contribution < -0.4 is 77.0 Å². The van der Waals surface area contributed by atoms with Crippen LogP contribution in [0.15, 0.2) is 24.3 Å². The second-order valence-electron chi connectivity index (χ2n) is 2.75. The van der Waals surface area contributed by atoms with Gasteiger partial charge in [-0.15, -0.1) is 0 Å². The first kappa shape index (κ1) is 20.3. The van der Waals surface area contributed by atoms with Gasteiger partial charge in [0.1, 0.15) is 0 Å². The Labute approximate surface area is 145 Å². The first-order valence-corrected chi connectivity index (χ1v) is 7.20. The van der Waals surface area contributed by atoms with Gasteiger partial charge in [-0.1, -0.05) is 0 Å². The molecule has 9 heteroatoms. The Hall–Kier alpha value is 0.928. The van der Waals surface area contributed by atoms with Crippen molar-refractivity contribution >= 4 is 30.1 Å². The SMILES string of the molecule is O=C(CO)Nc1ccc([As](=O)([O-])[O-])cc1.[Na+].[Na+]. The van der Waals surface area contributed by atoms with Crippen molar-refractivity contribution in [2.45, 2.75) is 0 Å². The van der Waals surface area contributed by atoms with Crippen LogP contribution in [0.1, 0.15) is 0 Å². The van der Waals surface area contributed by atoms with Crippen molar-refractivity contribution in [3.8, 4) is 0 Å². The van der Waals surface area contributed by atoms with E-state index >= 15 is 0 Å². The second-order valence-corrected chi connectivity index (χ2v) is 5.92. The van der Waals surface area contributed by atoms with Gasteiger partial charge in [-0.2, -0.15) is 0 Å². The van der Waals surface area contributed by atoms with E-state index < -0.39 is 26.7 Å². The van der Waals surface area contributed by atoms with E-state index in [4.69, 9.17) is 5.11 Å². The molecule has 1 amide bonds. The third-order valence-electron chi connectivity index (χ3n) is 1.61. The van der Waals surface area contributed by atoms with Gasteiger partial charge < -0.3 is 0 Å². The third-order valence-corrected chi connectivity index (χ3v) is 3.56. The molecule has 0 heterocycles. The van der Waals surface area contributed by atoms with Gasteiger partial charge in [0.2, 0.25) is 0 Å². The predicted octanol–water partition coefficient (Wildman–Crippen LogP) is -9.08. The van der Waals surface area contributed by atoms with Gasteiger partial charge in [0.05, 0.1) is 0 Å². The van der Waals surface area contributed by atoms with E-state index in [0.717, 1.165) is 12.1 Å². The minimum atomic E-state index is -5.34. The van der Waals surface area contributed by atoms with Gasteiger partial charge in [-0.05, 0) is 0 Å². The molecular weight excluding hydrogens is 311 g/mol. The fraction of sp³-hybridized carbons (Fsp3) is 0.125. The van der Waals surface area contributed by atoms with Crippen LogP contribution in [-0.2, 0) is 8.53 Å². The zero-order valence-electron chi connectivity index (χ0n) is 9.54. The molecule has 0 aliphatic rings. The second kappa shape index (κ2) is 8.93. The number of aliphatic hydroxyl groups excluding tert-OH is 1. The summed E-state index contributed by atoms with van der Waals surface area (Å²) in [4.78, 5) is 10.7. The fourth-order valence-corrected chi connectivity index (χ4v) is 2.01. The molecule has 82 valence electrons. The number of rotatable bonds is 3. The van der Waals surface area contributed by atoms with Crippen LogP contribution in [0.3, 0.4) is 0 Å². The van der Waals surface area contributed by atoms with E-state index in [1.54, 1.807) is 0 Å². The summed E-state index contributed by atoms with van der Waals surface area (Å²) in [5.41, 5.74) is 0.321. The van der Waals surface area contributed by atoms with Gasteiger partial charge >= 0.3 is 147 Å². The Morgan fingerprint density at radius 2 is 1.71 bits per heavy atom. The molecule has 1 aromatic rings. The van der Waals surface area contributed by atoms with Gasteiger partial charge in [-0.3, -0.25) is 0 Å². The molecule has 0 aromatic heterocycles. The van der Waals surface area contributed by atoms with Crippen molar-refractivity contribution < 1.29 is 80.9 Å². The Morgan fingerprint density at radius 3 is 2.06 bits per heavy atom. The summed E-state index contributed by atoms with van der Waals surface area (Å²) >= 11 is -5.34. The van der Waals surface area contributed by atoms with Crippen LogP contribution in [0.2, 0.25) is 0 Å². The van der Waals surface area contributed by atoms with Gasteiger partial charge in [-0.25, -0.2) is 0 Å². The Kier molecular flexibility index (Phi) is 10.6. The summed E-state index contributed by atoms with van der Waals surface area (Å²) < 4.78 is 31.6. The average Bonchev–Trinajstić information content (AvgIpc) is 2.17.